The normalized spacial score (nSPS) is 23.0. The molecule has 4 heterocycles. The fourth-order valence-electron chi connectivity index (χ4n) is 17.4. The number of likely N-dealkylation sites (N-methyl/N-ethyl adjacent to an activating group) is 1. The number of para-hydroxylation sites is 2. The number of rotatable bonds is 22. The van der Waals surface area contributed by atoms with E-state index in [0.717, 1.165) is 110 Å². The summed E-state index contributed by atoms with van der Waals surface area (Å²) in [6.07, 6.45) is 12.0. The zero-order valence-electron chi connectivity index (χ0n) is 68.0. The third-order valence-corrected chi connectivity index (χ3v) is 26.8. The number of ketones is 1. The number of amides is 5. The van der Waals surface area contributed by atoms with Gasteiger partial charge in [-0.15, -0.1) is 6.58 Å². The minimum Gasteiger partial charge on any atom is -0.615 e. The molecule has 0 aromatic heterocycles. The number of imide groups is 2. The Hall–Kier alpha value is -8.84. The quantitative estimate of drug-likeness (QED) is 0.0189. The second-order valence-electron chi connectivity index (χ2n) is 32.6. The molecule has 0 radical (unpaired) electrons. The molecule has 5 fully saturated rings. The van der Waals surface area contributed by atoms with E-state index in [-0.39, 0.29) is 40.9 Å². The zero-order chi connectivity index (χ0) is 82.4. The van der Waals surface area contributed by atoms with Gasteiger partial charge >= 0.3 is 12.0 Å². The second-order valence-corrected chi connectivity index (χ2v) is 35.2. The number of anilines is 2. The largest absolute Gasteiger partial charge is 0.615 e. The summed E-state index contributed by atoms with van der Waals surface area (Å²) < 4.78 is 23.7. The summed E-state index contributed by atoms with van der Waals surface area (Å²) in [6, 6.07) is 55.6. The summed E-state index contributed by atoms with van der Waals surface area (Å²) in [7, 11) is 10.1. The van der Waals surface area contributed by atoms with Crippen LogP contribution in [-0.4, -0.2) is 166 Å². The van der Waals surface area contributed by atoms with Gasteiger partial charge in [-0.25, -0.2) is 4.79 Å². The Labute approximate surface area is 680 Å². The van der Waals surface area contributed by atoms with Crippen LogP contribution >= 0.6 is 11.8 Å². The van der Waals surface area contributed by atoms with E-state index in [4.69, 9.17) is 20.3 Å². The van der Waals surface area contributed by atoms with Crippen molar-refractivity contribution in [1.29, 1.82) is 0 Å². The van der Waals surface area contributed by atoms with Crippen LogP contribution in [0.4, 0.5) is 16.2 Å². The summed E-state index contributed by atoms with van der Waals surface area (Å²) in [5.74, 6) is 0.0503. The van der Waals surface area contributed by atoms with Crippen LogP contribution in [0.5, 0.6) is 17.2 Å². The number of Topliss-reactive ketones (excluding diaryl/α,β-unsaturated/α-hetero) is 1. The molecule has 4 unspecified atom stereocenters. The number of carboxylic acids is 1. The number of carboxylic acid groups (broad SMARTS) is 1. The molecule has 7 aromatic rings. The van der Waals surface area contributed by atoms with E-state index in [1.807, 2.05) is 141 Å². The number of nitrogens with zero attached hydrogens (tertiary/aromatic N) is 4. The Balaban J connectivity index is 0.000000146. The maximum Gasteiger partial charge on any atom is 0.328 e. The molecule has 5 amide bonds. The number of likely N-dealkylation sites (tertiary alicyclic amines) is 1. The van der Waals surface area contributed by atoms with Gasteiger partial charge in [0.15, 0.2) is 34.4 Å². The minimum atomic E-state index is -1.36. The van der Waals surface area contributed by atoms with Crippen molar-refractivity contribution in [3.05, 3.63) is 221 Å². The molecule has 7 aromatic carbocycles. The SMILES string of the molecule is C=CCC1(C(C)CC)C(=O)NC(=O)NC1=O.CC(C)Cc1ccc(C(C)C(=O)O)cc1.CC(CN1c2ccccc2Sc2ccccc21)N(C)C.COc1cccc([C@@]2(O)CCCC[C@@H]2CN(C)C)c1.NC(=O)C[S+]([O-])C(c1ccccc1)c1ccccc1.O=C1CC[C@@]2(O)[C@H]3Cc4ccc(O)c5c4[C@@]2(CCN3CC2CC2)[C@H]1O5. The van der Waals surface area contributed by atoms with Gasteiger partial charge in [0.25, 0.3) is 5.91 Å². The highest BCUT2D eigenvalue weighted by Gasteiger charge is 2.73. The van der Waals surface area contributed by atoms with Crippen LogP contribution in [0, 0.1) is 29.1 Å². The molecule has 22 heteroatoms. The standard InChI is InChI=1S/C20H23NO4.C17H20N2S.C16H25NO2.C15H15NO2S.C13H18O2.C11H16N2O3/c22-13-4-3-12-9-15-20(24)6-5-14(23)18-19(20,16(12)17(13)25-18)7-8-21(15)10-11-1-2-11;1-13(18(2)3)12-19-14-8-4-6-10-16(14)20-17-11-7-5-9-15(17)19;1-17(2)12-14-7-4-5-10-16(14,18)13-8-6-9-15(11-13)19-3;16-14(17)11-19(18)15(12-7-3-1-4-8-12)13-9-5-2-6-10-13;1-9(2)8-11-4-6-12(7-5-11)10(3)13(14)15;1-4-6-11(7(3)5-2)8(14)12-10(16)13-9(11)15/h3-4,11,15,18,22,24H,1-2,5-10H2;4-11,13H,12H2,1-3H3;6,8-9,11,14,18H,4-5,7,10,12H2,1-3H3;1-10,15H,11H2,(H2,16,17);4-7,9-10H,8H2,1-3H3,(H,14,15);4,7H,1,5-6H2,2-3H3,(H2,12,13,14,15,16)/t15-,18+,19+,20-;;14-,16+;;;/m1.1.../s1. The summed E-state index contributed by atoms with van der Waals surface area (Å²) in [5, 5.41) is 46.3. The van der Waals surface area contributed by atoms with Gasteiger partial charge in [0, 0.05) is 70.5 Å². The minimum absolute atomic E-state index is 0.0454. The van der Waals surface area contributed by atoms with Crippen LogP contribution in [0.1, 0.15) is 162 Å². The molecule has 15 rings (SSSR count). The summed E-state index contributed by atoms with van der Waals surface area (Å²) >= 11 is 0.502. The van der Waals surface area contributed by atoms with Crippen molar-refractivity contribution in [2.45, 2.75) is 181 Å². The van der Waals surface area contributed by atoms with Crippen LogP contribution in [0.2, 0.25) is 0 Å². The topological polar surface area (TPSA) is 288 Å². The molecule has 10 atom stereocenters. The lowest BCUT2D eigenvalue weighted by Gasteiger charge is -2.62. The van der Waals surface area contributed by atoms with E-state index >= 15 is 0 Å². The Morgan fingerprint density at radius 3 is 1.92 bits per heavy atom. The number of piperidine rings is 1. The molecule has 8 N–H and O–H groups in total. The van der Waals surface area contributed by atoms with Gasteiger partial charge in [0.1, 0.15) is 11.2 Å². The number of nitrogens with one attached hydrogen (secondary N) is 2. The summed E-state index contributed by atoms with van der Waals surface area (Å²) in [5.41, 5.74) is 11.3. The lowest BCUT2D eigenvalue weighted by molar-refractivity contribution is -0.188. The molecule has 114 heavy (non-hydrogen) atoms. The fourth-order valence-corrected chi connectivity index (χ4v) is 19.8. The number of aliphatic carboxylic acids is 1. The van der Waals surface area contributed by atoms with Crippen molar-refractivity contribution in [1.82, 2.24) is 25.3 Å². The fraction of sp³-hybridized carbons (Fsp3) is 0.457. The lowest BCUT2D eigenvalue weighted by atomic mass is 9.49. The molecular formula is C92H117N7O13S2. The Morgan fingerprint density at radius 2 is 1.38 bits per heavy atom. The van der Waals surface area contributed by atoms with Gasteiger partial charge in [-0.1, -0.05) is 192 Å². The Kier molecular flexibility index (Phi) is 29.7. The van der Waals surface area contributed by atoms with E-state index < -0.39 is 75.0 Å². The highest BCUT2D eigenvalue weighted by Crippen LogP contribution is 2.65. The second kappa shape index (κ2) is 38.7. The molecule has 4 aliphatic carbocycles. The molecule has 2 bridgehead atoms. The van der Waals surface area contributed by atoms with E-state index in [2.05, 4.69) is 134 Å². The number of nitrogens with two attached hydrogens (primary N) is 1. The van der Waals surface area contributed by atoms with Crippen molar-refractivity contribution in [3.63, 3.8) is 0 Å². The number of methoxy groups -OCH3 is 1. The Bertz CT molecular complexity index is 4360. The van der Waals surface area contributed by atoms with Gasteiger partial charge in [-0.2, -0.15) is 0 Å². The number of benzene rings is 7. The first-order chi connectivity index (χ1) is 54.4. The van der Waals surface area contributed by atoms with Crippen molar-refractivity contribution in [2.75, 3.05) is 72.1 Å². The van der Waals surface area contributed by atoms with Gasteiger partial charge < -0.3 is 54.9 Å². The van der Waals surface area contributed by atoms with Gasteiger partial charge in [0.05, 0.1) is 41.0 Å². The first kappa shape index (κ1) is 87.5. The molecule has 4 aliphatic heterocycles. The van der Waals surface area contributed by atoms with E-state index in [0.29, 0.717) is 42.9 Å². The van der Waals surface area contributed by atoms with Crippen molar-refractivity contribution < 1.29 is 63.2 Å². The van der Waals surface area contributed by atoms with E-state index in [9.17, 15) is 48.6 Å². The number of urea groups is 1. The number of hydrogen-bond acceptors (Lipinski definition) is 17. The maximum atomic E-state index is 12.7. The molecule has 610 valence electrons. The summed E-state index contributed by atoms with van der Waals surface area (Å²) in [4.78, 5) is 81.3. The molecule has 3 saturated carbocycles. The number of phenolic OH excluding ortho intramolecular Hbond substituents is 1. The number of barbiturate groups is 1. The van der Waals surface area contributed by atoms with Gasteiger partial charge in [-0.3, -0.25) is 39.5 Å². The molecule has 20 nitrogen and oxygen atoms in total. The van der Waals surface area contributed by atoms with Crippen LogP contribution in [-0.2, 0) is 59.0 Å². The lowest BCUT2D eigenvalue weighted by Crippen LogP contribution is -2.76. The number of ether oxygens (including phenoxy) is 2. The van der Waals surface area contributed by atoms with Crippen LogP contribution in [0.25, 0.3) is 0 Å². The molecule has 1 spiro atoms. The number of hydrogen-bond donors (Lipinski definition) is 7. The van der Waals surface area contributed by atoms with Crippen molar-refractivity contribution in [3.8, 4) is 17.2 Å². The summed E-state index contributed by atoms with van der Waals surface area (Å²) in [6.45, 7) is 19.5. The van der Waals surface area contributed by atoms with Gasteiger partial charge in [0.2, 0.25) is 11.8 Å². The number of aromatic hydroxyl groups is 1. The number of carbonyl (C=O) groups is 6. The number of phenols is 1. The predicted octanol–water partition coefficient (Wildman–Crippen LogP) is 14.4. The molecular weight excluding hydrogens is 1480 g/mol. The number of aliphatic hydroxyl groups is 2. The number of carbonyl (C=O) groups excluding carboxylic acids is 5. The maximum absolute atomic E-state index is 12.7. The van der Waals surface area contributed by atoms with Crippen LogP contribution < -0.4 is 30.7 Å². The monoisotopic (exact) mass is 1590 g/mol. The van der Waals surface area contributed by atoms with Gasteiger partial charge in [-0.05, 0) is 200 Å². The van der Waals surface area contributed by atoms with E-state index in [1.54, 1.807) is 20.1 Å². The Morgan fingerprint density at radius 1 is 0.772 bits per heavy atom. The average Bonchev–Trinajstić information content (AvgIpc) is 1.46. The van der Waals surface area contributed by atoms with Crippen LogP contribution in [0.3, 0.4) is 0 Å². The molecule has 2 saturated heterocycles. The van der Waals surface area contributed by atoms with Crippen molar-refractivity contribution in [2.24, 2.45) is 34.8 Å². The van der Waals surface area contributed by atoms with Crippen molar-refractivity contribution >= 4 is 69.8 Å². The number of fused-ring (bicyclic) bond motifs is 2. The predicted molar refractivity (Wildman–Crippen MR) is 451 cm³/mol. The first-order valence-corrected chi connectivity index (χ1v) is 42.3. The van der Waals surface area contributed by atoms with Crippen LogP contribution in [0.15, 0.2) is 192 Å². The molecule has 8 aliphatic rings. The van der Waals surface area contributed by atoms with E-state index in [1.165, 1.54) is 52.1 Å². The number of allylic oxidation sites excluding steroid dienone is 1. The highest BCUT2D eigenvalue weighted by atomic mass is 32.2. The average molecular weight is 1590 g/mol. The smallest absolute Gasteiger partial charge is 0.328 e. The zero-order valence-corrected chi connectivity index (χ0v) is 69.7. The third kappa shape index (κ3) is 19.6. The third-order valence-electron chi connectivity index (χ3n) is 24.0. The number of primary amides is 1. The first-order valence-electron chi connectivity index (χ1n) is 40.1. The highest BCUT2D eigenvalue weighted by molar-refractivity contribution is 7.99.